The van der Waals surface area contributed by atoms with Crippen molar-refractivity contribution in [2.45, 2.75) is 50.5 Å². The number of likely N-dealkylation sites (tertiary alicyclic amines) is 1. The molecule has 1 aliphatic carbocycles. The molecule has 0 aromatic heterocycles. The van der Waals surface area contributed by atoms with Gasteiger partial charge in [0.25, 0.3) is 0 Å². The molecule has 0 radical (unpaired) electrons. The van der Waals surface area contributed by atoms with Gasteiger partial charge in [0.05, 0.1) is 0 Å². The first kappa shape index (κ1) is 18.8. The maximum atomic E-state index is 13.0. The van der Waals surface area contributed by atoms with Gasteiger partial charge in [0.15, 0.2) is 0 Å². The van der Waals surface area contributed by atoms with E-state index in [1.54, 1.807) is 0 Å². The number of amides is 1. The molecule has 1 unspecified atom stereocenters. The number of carbonyl (C=O) groups is 1. The van der Waals surface area contributed by atoms with Crippen molar-refractivity contribution in [1.29, 1.82) is 0 Å². The van der Waals surface area contributed by atoms with E-state index >= 15 is 0 Å². The predicted molar refractivity (Wildman–Crippen MR) is 114 cm³/mol. The van der Waals surface area contributed by atoms with Crippen LogP contribution in [-0.4, -0.2) is 46.8 Å². The Bertz CT molecular complexity index is 869. The second-order valence-corrected chi connectivity index (χ2v) is 9.24. The fourth-order valence-corrected chi connectivity index (χ4v) is 5.21. The van der Waals surface area contributed by atoms with Crippen LogP contribution in [0.4, 0.5) is 0 Å². The topological polar surface area (TPSA) is 43.8 Å². The summed E-state index contributed by atoms with van der Waals surface area (Å²) in [5, 5.41) is 11.7. The highest BCUT2D eigenvalue weighted by Gasteiger charge is 2.49. The molecular weight excluding hydrogens is 360 g/mol. The lowest BCUT2D eigenvalue weighted by molar-refractivity contribution is -0.180. The van der Waals surface area contributed by atoms with Gasteiger partial charge in [-0.05, 0) is 66.5 Å². The molecule has 2 heterocycles. The highest BCUT2D eigenvalue weighted by Crippen LogP contribution is 2.52. The molecule has 1 spiro atoms. The lowest BCUT2D eigenvalue weighted by atomic mass is 9.87. The van der Waals surface area contributed by atoms with Crippen LogP contribution in [0.15, 0.2) is 54.6 Å². The van der Waals surface area contributed by atoms with E-state index in [2.05, 4.69) is 48.5 Å². The van der Waals surface area contributed by atoms with E-state index in [0.29, 0.717) is 17.9 Å². The Kier molecular flexibility index (Phi) is 4.92. The lowest BCUT2D eigenvalue weighted by Gasteiger charge is -2.39. The van der Waals surface area contributed by atoms with Crippen molar-refractivity contribution in [2.24, 2.45) is 5.41 Å². The van der Waals surface area contributed by atoms with Crippen LogP contribution >= 0.6 is 0 Å². The quantitative estimate of drug-likeness (QED) is 0.827. The molecule has 1 N–H and O–H groups in total. The minimum atomic E-state index is -0.334. The summed E-state index contributed by atoms with van der Waals surface area (Å²) >= 11 is 0. The van der Waals surface area contributed by atoms with E-state index in [1.807, 2.05) is 11.0 Å². The Labute approximate surface area is 173 Å². The molecular formula is C25H30N2O2. The van der Waals surface area contributed by atoms with Gasteiger partial charge < -0.3 is 10.1 Å². The summed E-state index contributed by atoms with van der Waals surface area (Å²) in [6, 6.07) is 19.0. The Balaban J connectivity index is 1.21. The molecule has 29 heavy (non-hydrogen) atoms. The predicted octanol–water partition coefficient (Wildman–Crippen LogP) is 4.69. The molecule has 2 aliphatic heterocycles. The monoisotopic (exact) mass is 390 g/mol. The SMILES string of the molecule is O=C(C1CCC2(CC2)CN1O)N1CCC(c2cccc(-c3ccccc3)c2)CC1. The third kappa shape index (κ3) is 3.84. The molecule has 2 aromatic rings. The molecule has 2 aromatic carbocycles. The molecule has 4 nitrogen and oxygen atoms in total. The molecule has 3 fully saturated rings. The van der Waals surface area contributed by atoms with Crippen molar-refractivity contribution in [1.82, 2.24) is 9.96 Å². The Morgan fingerprint density at radius 3 is 2.31 bits per heavy atom. The van der Waals surface area contributed by atoms with Gasteiger partial charge in [-0.25, -0.2) is 0 Å². The average Bonchev–Trinajstić information content (AvgIpc) is 3.52. The average molecular weight is 391 g/mol. The number of hydroxylamine groups is 2. The van der Waals surface area contributed by atoms with Crippen LogP contribution in [0.5, 0.6) is 0 Å². The molecule has 0 bridgehead atoms. The summed E-state index contributed by atoms with van der Waals surface area (Å²) in [4.78, 5) is 15.0. The van der Waals surface area contributed by atoms with E-state index in [-0.39, 0.29) is 11.9 Å². The zero-order chi connectivity index (χ0) is 19.8. The third-order valence-electron chi connectivity index (χ3n) is 7.32. The van der Waals surface area contributed by atoms with E-state index in [9.17, 15) is 10.0 Å². The molecule has 4 heteroatoms. The molecule has 1 atom stereocenters. The summed E-state index contributed by atoms with van der Waals surface area (Å²) in [5.41, 5.74) is 4.20. The summed E-state index contributed by atoms with van der Waals surface area (Å²) in [6.45, 7) is 2.25. The number of hydrogen-bond acceptors (Lipinski definition) is 3. The number of rotatable bonds is 3. The number of nitrogens with zero attached hydrogens (tertiary/aromatic N) is 2. The summed E-state index contributed by atoms with van der Waals surface area (Å²) in [5.74, 6) is 0.619. The first-order valence-corrected chi connectivity index (χ1v) is 11.0. The van der Waals surface area contributed by atoms with Crippen LogP contribution in [0.3, 0.4) is 0 Å². The van der Waals surface area contributed by atoms with Crippen molar-refractivity contribution in [3.63, 3.8) is 0 Å². The summed E-state index contributed by atoms with van der Waals surface area (Å²) in [6.07, 6.45) is 6.28. The van der Waals surface area contributed by atoms with E-state index in [0.717, 1.165) is 38.8 Å². The normalized spacial score (nSPS) is 24.6. The second kappa shape index (κ2) is 7.58. The second-order valence-electron chi connectivity index (χ2n) is 9.24. The molecule has 1 amide bonds. The number of carbonyl (C=O) groups excluding carboxylic acids is 1. The molecule has 3 aliphatic rings. The lowest BCUT2D eigenvalue weighted by Crippen LogP contribution is -2.53. The van der Waals surface area contributed by atoms with Crippen molar-refractivity contribution in [3.8, 4) is 11.1 Å². The third-order valence-corrected chi connectivity index (χ3v) is 7.32. The van der Waals surface area contributed by atoms with Gasteiger partial charge in [0.1, 0.15) is 6.04 Å². The molecule has 1 saturated carbocycles. The standard InChI is InChI=1S/C25H30N2O2/c28-24(23-9-12-25(13-14-25)18-27(23)29)26-15-10-20(11-16-26)22-8-4-7-21(17-22)19-5-2-1-3-6-19/h1-8,17,20,23,29H,9-16,18H2. The number of hydrogen-bond donors (Lipinski definition) is 1. The van der Waals surface area contributed by atoms with Crippen molar-refractivity contribution in [2.75, 3.05) is 19.6 Å². The van der Waals surface area contributed by atoms with Crippen LogP contribution in [0.1, 0.15) is 50.0 Å². The van der Waals surface area contributed by atoms with E-state index < -0.39 is 0 Å². The number of benzene rings is 2. The van der Waals surface area contributed by atoms with Crippen LogP contribution in [-0.2, 0) is 4.79 Å². The zero-order valence-electron chi connectivity index (χ0n) is 17.0. The van der Waals surface area contributed by atoms with Crippen LogP contribution in [0.25, 0.3) is 11.1 Å². The largest absolute Gasteiger partial charge is 0.341 e. The van der Waals surface area contributed by atoms with Gasteiger partial charge in [0.2, 0.25) is 5.91 Å². The van der Waals surface area contributed by atoms with Crippen molar-refractivity contribution >= 4 is 5.91 Å². The molecule has 5 rings (SSSR count). The number of piperidine rings is 2. The van der Waals surface area contributed by atoms with Crippen LogP contribution < -0.4 is 0 Å². The highest BCUT2D eigenvalue weighted by atomic mass is 16.5. The maximum Gasteiger partial charge on any atom is 0.242 e. The Morgan fingerprint density at radius 2 is 1.62 bits per heavy atom. The van der Waals surface area contributed by atoms with Gasteiger partial charge in [-0.15, -0.1) is 0 Å². The maximum absolute atomic E-state index is 13.0. The first-order valence-electron chi connectivity index (χ1n) is 11.0. The Morgan fingerprint density at radius 1 is 0.897 bits per heavy atom. The van der Waals surface area contributed by atoms with Crippen molar-refractivity contribution in [3.05, 3.63) is 60.2 Å². The van der Waals surface area contributed by atoms with Crippen LogP contribution in [0.2, 0.25) is 0 Å². The van der Waals surface area contributed by atoms with Gasteiger partial charge in [-0.3, -0.25) is 4.79 Å². The minimum absolute atomic E-state index is 0.125. The highest BCUT2D eigenvalue weighted by molar-refractivity contribution is 5.82. The smallest absolute Gasteiger partial charge is 0.242 e. The minimum Gasteiger partial charge on any atom is -0.341 e. The fraction of sp³-hybridized carbons (Fsp3) is 0.480. The summed E-state index contributed by atoms with van der Waals surface area (Å²) < 4.78 is 0. The van der Waals surface area contributed by atoms with E-state index in [1.165, 1.54) is 34.6 Å². The van der Waals surface area contributed by atoms with Gasteiger partial charge in [-0.1, -0.05) is 54.6 Å². The van der Waals surface area contributed by atoms with Crippen LogP contribution in [0, 0.1) is 5.41 Å². The van der Waals surface area contributed by atoms with E-state index in [4.69, 9.17) is 0 Å². The Hall–Kier alpha value is -2.17. The van der Waals surface area contributed by atoms with Gasteiger partial charge in [0, 0.05) is 19.6 Å². The first-order chi connectivity index (χ1) is 14.1. The molecule has 152 valence electrons. The molecule has 2 saturated heterocycles. The fourth-order valence-electron chi connectivity index (χ4n) is 5.21. The zero-order valence-corrected chi connectivity index (χ0v) is 17.0. The van der Waals surface area contributed by atoms with Gasteiger partial charge in [-0.2, -0.15) is 5.06 Å². The van der Waals surface area contributed by atoms with Gasteiger partial charge >= 0.3 is 0 Å². The van der Waals surface area contributed by atoms with Crippen molar-refractivity contribution < 1.29 is 10.0 Å². The summed E-state index contributed by atoms with van der Waals surface area (Å²) in [7, 11) is 0.